The van der Waals surface area contributed by atoms with E-state index >= 15 is 0 Å². The van der Waals surface area contributed by atoms with Gasteiger partial charge < -0.3 is 10.6 Å². The summed E-state index contributed by atoms with van der Waals surface area (Å²) in [6.07, 6.45) is 4.16. The van der Waals surface area contributed by atoms with E-state index in [0.717, 1.165) is 25.6 Å². The zero-order valence-electron chi connectivity index (χ0n) is 7.75. The fraction of sp³-hybridized carbons (Fsp3) is 1.00. The molecule has 0 spiro atoms. The predicted octanol–water partition coefficient (Wildman–Crippen LogP) is -0.423. The van der Waals surface area contributed by atoms with Crippen LogP contribution in [0.3, 0.4) is 0 Å². The van der Waals surface area contributed by atoms with Crippen LogP contribution in [0.1, 0.15) is 19.3 Å². The molecule has 0 radical (unpaired) electrons. The van der Waals surface area contributed by atoms with E-state index in [-0.39, 0.29) is 0 Å². The average Bonchev–Trinajstić information content (AvgIpc) is 2.61. The molecular weight excluding hydrogens is 166 g/mol. The largest absolute Gasteiger partial charge is 0.300 e. The van der Waals surface area contributed by atoms with Crippen molar-refractivity contribution in [1.82, 2.24) is 16.1 Å². The van der Waals surface area contributed by atoms with Crippen molar-refractivity contribution in [2.75, 3.05) is 13.2 Å². The minimum Gasteiger partial charge on any atom is -0.300 e. The van der Waals surface area contributed by atoms with Gasteiger partial charge in [-0.25, -0.2) is 5.48 Å². The van der Waals surface area contributed by atoms with Crippen molar-refractivity contribution in [2.45, 2.75) is 37.5 Å². The zero-order valence-corrected chi connectivity index (χ0v) is 7.75. The van der Waals surface area contributed by atoms with Gasteiger partial charge in [0.15, 0.2) is 0 Å². The Hall–Kier alpha value is -0.160. The minimum absolute atomic E-state index is 0.447. The lowest BCUT2D eigenvalue weighted by atomic mass is 9.79. The summed E-state index contributed by atoms with van der Waals surface area (Å²) in [5, 5.41) is 6.98. The van der Waals surface area contributed by atoms with E-state index in [1.165, 1.54) is 12.8 Å². The first-order chi connectivity index (χ1) is 6.43. The van der Waals surface area contributed by atoms with Crippen LogP contribution < -0.4 is 16.1 Å². The van der Waals surface area contributed by atoms with E-state index in [2.05, 4.69) is 16.1 Å². The van der Waals surface area contributed by atoms with Crippen LogP contribution in [0.2, 0.25) is 0 Å². The Balaban J connectivity index is 1.71. The summed E-state index contributed by atoms with van der Waals surface area (Å²) >= 11 is 0. The first-order valence-corrected chi connectivity index (χ1v) is 5.29. The Morgan fingerprint density at radius 1 is 1.08 bits per heavy atom. The van der Waals surface area contributed by atoms with E-state index in [0.29, 0.717) is 18.2 Å². The van der Waals surface area contributed by atoms with Gasteiger partial charge in [0.25, 0.3) is 0 Å². The molecule has 4 atom stereocenters. The summed E-state index contributed by atoms with van der Waals surface area (Å²) < 4.78 is 0. The molecule has 1 aliphatic carbocycles. The molecule has 1 saturated carbocycles. The zero-order chi connectivity index (χ0) is 8.67. The van der Waals surface area contributed by atoms with Gasteiger partial charge in [-0.1, -0.05) is 0 Å². The van der Waals surface area contributed by atoms with Crippen molar-refractivity contribution in [3.05, 3.63) is 0 Å². The topological polar surface area (TPSA) is 45.3 Å². The Morgan fingerprint density at radius 2 is 1.92 bits per heavy atom. The first kappa shape index (κ1) is 8.17. The molecule has 2 saturated heterocycles. The lowest BCUT2D eigenvalue weighted by molar-refractivity contribution is -0.110. The van der Waals surface area contributed by atoms with Crippen LogP contribution in [-0.4, -0.2) is 31.4 Å². The van der Waals surface area contributed by atoms with Gasteiger partial charge in [-0.2, -0.15) is 0 Å². The normalized spacial score (nSPS) is 49.8. The first-order valence-electron chi connectivity index (χ1n) is 5.29. The van der Waals surface area contributed by atoms with E-state index in [4.69, 9.17) is 4.84 Å². The summed E-state index contributed by atoms with van der Waals surface area (Å²) in [4.78, 5) is 5.57. The minimum atomic E-state index is 0.447. The fourth-order valence-electron chi connectivity index (χ4n) is 2.88. The maximum atomic E-state index is 5.57. The van der Waals surface area contributed by atoms with E-state index in [9.17, 15) is 0 Å². The summed E-state index contributed by atoms with van der Waals surface area (Å²) in [5.74, 6) is 0.773. The van der Waals surface area contributed by atoms with Gasteiger partial charge in [0.2, 0.25) is 0 Å². The molecule has 2 heterocycles. The van der Waals surface area contributed by atoms with Crippen molar-refractivity contribution < 1.29 is 4.84 Å². The number of nitrogens with one attached hydrogen (secondary N) is 3. The lowest BCUT2D eigenvalue weighted by Crippen LogP contribution is -2.51. The van der Waals surface area contributed by atoms with Gasteiger partial charge >= 0.3 is 0 Å². The maximum absolute atomic E-state index is 5.57. The molecule has 2 aliphatic heterocycles. The second kappa shape index (κ2) is 3.20. The number of hydrogen-bond donors (Lipinski definition) is 3. The van der Waals surface area contributed by atoms with Crippen LogP contribution in [0, 0.1) is 5.92 Å². The molecule has 3 fully saturated rings. The van der Waals surface area contributed by atoms with Crippen molar-refractivity contribution in [3.8, 4) is 0 Å². The highest BCUT2D eigenvalue weighted by Crippen LogP contribution is 2.32. The third kappa shape index (κ3) is 1.38. The molecule has 74 valence electrons. The molecule has 0 amide bonds. The molecule has 3 rings (SSSR count). The van der Waals surface area contributed by atoms with Crippen molar-refractivity contribution in [2.24, 2.45) is 5.92 Å². The van der Waals surface area contributed by atoms with Crippen LogP contribution in [0.25, 0.3) is 0 Å². The van der Waals surface area contributed by atoms with Crippen molar-refractivity contribution >= 4 is 0 Å². The highest BCUT2D eigenvalue weighted by molar-refractivity contribution is 4.98. The molecule has 3 aliphatic rings. The molecule has 0 aromatic heterocycles. The molecular formula is C9H17N3O. The Labute approximate surface area is 78.4 Å². The van der Waals surface area contributed by atoms with Crippen LogP contribution in [0.4, 0.5) is 0 Å². The van der Waals surface area contributed by atoms with Crippen LogP contribution in [-0.2, 0) is 4.84 Å². The monoisotopic (exact) mass is 183 g/mol. The smallest absolute Gasteiger partial charge is 0.0834 e. The van der Waals surface area contributed by atoms with Crippen LogP contribution in [0.15, 0.2) is 0 Å². The van der Waals surface area contributed by atoms with Gasteiger partial charge in [0, 0.05) is 25.3 Å². The molecule has 0 aromatic carbocycles. The third-order valence-corrected chi connectivity index (χ3v) is 3.63. The summed E-state index contributed by atoms with van der Waals surface area (Å²) in [5.41, 5.74) is 3.02. The summed E-state index contributed by atoms with van der Waals surface area (Å²) in [6.45, 7) is 1.99. The quantitative estimate of drug-likeness (QED) is 0.477. The Bertz CT molecular complexity index is 179. The van der Waals surface area contributed by atoms with E-state index in [1.54, 1.807) is 0 Å². The van der Waals surface area contributed by atoms with E-state index < -0.39 is 0 Å². The number of rotatable bonds is 0. The standard InChI is InChI=1S/C9H17N3O/c1-2-12-13-9-4-8-7(3-6(1)9)10-5-11-8/h6-12H,1-5H2. The van der Waals surface area contributed by atoms with Gasteiger partial charge in [-0.3, -0.25) is 4.84 Å². The molecule has 4 unspecified atom stereocenters. The molecule has 0 bridgehead atoms. The maximum Gasteiger partial charge on any atom is 0.0834 e. The Morgan fingerprint density at radius 3 is 2.85 bits per heavy atom. The average molecular weight is 183 g/mol. The second-order valence-electron chi connectivity index (χ2n) is 4.37. The third-order valence-electron chi connectivity index (χ3n) is 3.63. The van der Waals surface area contributed by atoms with Crippen LogP contribution >= 0.6 is 0 Å². The number of hydrogen-bond acceptors (Lipinski definition) is 4. The van der Waals surface area contributed by atoms with Crippen molar-refractivity contribution in [1.29, 1.82) is 0 Å². The number of fused-ring (bicyclic) bond motifs is 2. The highest BCUT2D eigenvalue weighted by atomic mass is 16.7. The molecule has 4 nitrogen and oxygen atoms in total. The van der Waals surface area contributed by atoms with Crippen molar-refractivity contribution in [3.63, 3.8) is 0 Å². The Kier molecular flexibility index (Phi) is 2.01. The molecule has 4 heteroatoms. The van der Waals surface area contributed by atoms with E-state index in [1.807, 2.05) is 0 Å². The summed E-state index contributed by atoms with van der Waals surface area (Å²) in [7, 11) is 0. The second-order valence-corrected chi connectivity index (χ2v) is 4.37. The SMILES string of the molecule is C1CC2CC3NCNC3CC2ON1. The van der Waals surface area contributed by atoms with Gasteiger partial charge in [0.1, 0.15) is 0 Å². The van der Waals surface area contributed by atoms with Gasteiger partial charge in [-0.05, 0) is 25.2 Å². The predicted molar refractivity (Wildman–Crippen MR) is 48.9 cm³/mol. The molecule has 0 aromatic rings. The van der Waals surface area contributed by atoms with Gasteiger partial charge in [0.05, 0.1) is 6.10 Å². The molecule has 3 N–H and O–H groups in total. The highest BCUT2D eigenvalue weighted by Gasteiger charge is 2.40. The lowest BCUT2D eigenvalue weighted by Gasteiger charge is -2.40. The number of hydroxylamine groups is 1. The molecule has 13 heavy (non-hydrogen) atoms. The van der Waals surface area contributed by atoms with Gasteiger partial charge in [-0.15, -0.1) is 0 Å². The fourth-order valence-corrected chi connectivity index (χ4v) is 2.88. The van der Waals surface area contributed by atoms with Crippen LogP contribution in [0.5, 0.6) is 0 Å². The summed E-state index contributed by atoms with van der Waals surface area (Å²) in [6, 6.07) is 1.34.